The summed E-state index contributed by atoms with van der Waals surface area (Å²) in [5, 5.41) is 24.5. The molecule has 1 aromatic heterocycles. The minimum Gasteiger partial charge on any atom is -0.493 e. The first kappa shape index (κ1) is 23.1. The monoisotopic (exact) mass is 440 g/mol. The lowest BCUT2D eigenvalue weighted by Crippen LogP contribution is -2.16. The number of carbonyl (C=O) groups is 1. The van der Waals surface area contributed by atoms with Crippen LogP contribution in [-0.4, -0.2) is 52.9 Å². The predicted octanol–water partition coefficient (Wildman–Crippen LogP) is 4.10. The highest BCUT2D eigenvalue weighted by Crippen LogP contribution is 2.40. The molecule has 0 radical (unpaired) electrons. The average Bonchev–Trinajstić information content (AvgIpc) is 3.21. The van der Waals surface area contributed by atoms with Crippen molar-refractivity contribution < 1.29 is 29.2 Å². The Hall–Kier alpha value is -3.52. The Morgan fingerprint density at radius 3 is 2.47 bits per heavy atom. The van der Waals surface area contributed by atoms with Gasteiger partial charge in [0.05, 0.1) is 50.4 Å². The zero-order chi connectivity index (χ0) is 23.3. The van der Waals surface area contributed by atoms with Gasteiger partial charge in [0.1, 0.15) is 5.75 Å². The predicted molar refractivity (Wildman–Crippen MR) is 121 cm³/mol. The Bertz CT molecular complexity index is 1090. The molecule has 1 heterocycles. The van der Waals surface area contributed by atoms with Crippen LogP contribution >= 0.6 is 0 Å². The summed E-state index contributed by atoms with van der Waals surface area (Å²) in [7, 11) is 3.13. The molecular weight excluding hydrogens is 412 g/mol. The molecule has 0 spiro atoms. The molecule has 0 unspecified atom stereocenters. The molecule has 32 heavy (non-hydrogen) atoms. The van der Waals surface area contributed by atoms with Crippen molar-refractivity contribution in [3.8, 4) is 39.8 Å². The molecule has 1 atom stereocenters. The lowest BCUT2D eigenvalue weighted by Gasteiger charge is -2.15. The van der Waals surface area contributed by atoms with Gasteiger partial charge in [-0.15, -0.1) is 0 Å². The molecule has 0 fully saturated rings. The summed E-state index contributed by atoms with van der Waals surface area (Å²) < 4.78 is 18.5. The molecule has 3 rings (SSSR count). The summed E-state index contributed by atoms with van der Waals surface area (Å²) in [6.45, 7) is 4.43. The number of ether oxygens (including phenoxy) is 3. The van der Waals surface area contributed by atoms with Gasteiger partial charge >= 0.3 is 5.97 Å². The third-order valence-electron chi connectivity index (χ3n) is 5.12. The van der Waals surface area contributed by atoms with E-state index in [1.54, 1.807) is 37.1 Å². The molecule has 0 saturated carbocycles. The fraction of sp³-hybridized carbons (Fsp3) is 0.333. The number of hydrogen-bond donors (Lipinski definition) is 2. The van der Waals surface area contributed by atoms with E-state index in [1.165, 1.54) is 6.07 Å². The summed E-state index contributed by atoms with van der Waals surface area (Å²) in [5.74, 6) is 0.600. The first-order valence-electron chi connectivity index (χ1n) is 10.4. The fourth-order valence-electron chi connectivity index (χ4n) is 3.47. The van der Waals surface area contributed by atoms with Gasteiger partial charge in [-0.25, -0.2) is 4.79 Å². The Labute approximate surface area is 187 Å². The van der Waals surface area contributed by atoms with Crippen molar-refractivity contribution >= 4 is 5.97 Å². The number of carboxylic acids is 1. The second kappa shape index (κ2) is 10.2. The van der Waals surface area contributed by atoms with Crippen molar-refractivity contribution in [2.75, 3.05) is 20.8 Å². The zero-order valence-electron chi connectivity index (χ0n) is 18.7. The summed E-state index contributed by atoms with van der Waals surface area (Å²) in [5.41, 5.74) is 2.65. The van der Waals surface area contributed by atoms with E-state index >= 15 is 0 Å². The summed E-state index contributed by atoms with van der Waals surface area (Å²) in [4.78, 5) is 11.6. The van der Waals surface area contributed by atoms with E-state index in [0.29, 0.717) is 47.2 Å². The number of nitrogens with zero attached hydrogens (tertiary/aromatic N) is 2. The van der Waals surface area contributed by atoms with Gasteiger partial charge in [-0.3, -0.25) is 4.68 Å². The molecule has 3 aromatic rings. The van der Waals surface area contributed by atoms with Crippen LogP contribution in [0.15, 0.2) is 42.5 Å². The van der Waals surface area contributed by atoms with Crippen molar-refractivity contribution in [1.82, 2.24) is 9.78 Å². The number of rotatable bonds is 10. The van der Waals surface area contributed by atoms with Crippen LogP contribution in [0.2, 0.25) is 0 Å². The SMILES string of the molecule is CCOc1ccc(C(=O)O)cc1-c1cc(-c2cccc(OC)c2OC)n(C[C@H](O)CC)n1. The van der Waals surface area contributed by atoms with Crippen molar-refractivity contribution in [3.05, 3.63) is 48.0 Å². The second-order valence-electron chi connectivity index (χ2n) is 7.15. The largest absolute Gasteiger partial charge is 0.493 e. The highest BCUT2D eigenvalue weighted by molar-refractivity contribution is 5.90. The van der Waals surface area contributed by atoms with Gasteiger partial charge in [0.2, 0.25) is 0 Å². The molecule has 2 N–H and O–H groups in total. The van der Waals surface area contributed by atoms with Crippen molar-refractivity contribution in [2.45, 2.75) is 32.9 Å². The molecule has 8 nitrogen and oxygen atoms in total. The molecule has 170 valence electrons. The van der Waals surface area contributed by atoms with Gasteiger partial charge in [-0.05, 0) is 49.7 Å². The quantitative estimate of drug-likeness (QED) is 0.489. The fourth-order valence-corrected chi connectivity index (χ4v) is 3.47. The Morgan fingerprint density at radius 2 is 1.84 bits per heavy atom. The van der Waals surface area contributed by atoms with E-state index in [1.807, 2.05) is 32.0 Å². The van der Waals surface area contributed by atoms with E-state index in [-0.39, 0.29) is 12.1 Å². The zero-order valence-corrected chi connectivity index (χ0v) is 18.7. The third kappa shape index (κ3) is 4.70. The Kier molecular flexibility index (Phi) is 7.37. The van der Waals surface area contributed by atoms with Crippen LogP contribution in [0.5, 0.6) is 17.2 Å². The Morgan fingerprint density at radius 1 is 1.06 bits per heavy atom. The van der Waals surface area contributed by atoms with E-state index in [9.17, 15) is 15.0 Å². The van der Waals surface area contributed by atoms with Gasteiger partial charge in [-0.2, -0.15) is 5.10 Å². The van der Waals surface area contributed by atoms with E-state index in [4.69, 9.17) is 19.3 Å². The first-order chi connectivity index (χ1) is 15.4. The normalized spacial score (nSPS) is 11.8. The number of aliphatic hydroxyl groups excluding tert-OH is 1. The van der Waals surface area contributed by atoms with E-state index in [0.717, 1.165) is 5.56 Å². The van der Waals surface area contributed by atoms with Crippen molar-refractivity contribution in [3.63, 3.8) is 0 Å². The lowest BCUT2D eigenvalue weighted by molar-refractivity contribution is 0.0697. The van der Waals surface area contributed by atoms with Crippen LogP contribution < -0.4 is 14.2 Å². The number of aliphatic hydroxyl groups is 1. The maximum atomic E-state index is 11.6. The molecule has 0 aliphatic rings. The number of benzene rings is 2. The number of methoxy groups -OCH3 is 2. The van der Waals surface area contributed by atoms with Crippen LogP contribution in [0.1, 0.15) is 30.6 Å². The van der Waals surface area contributed by atoms with Gasteiger partial charge in [-0.1, -0.05) is 13.0 Å². The van der Waals surface area contributed by atoms with Gasteiger partial charge in [0.25, 0.3) is 0 Å². The maximum Gasteiger partial charge on any atom is 0.335 e. The van der Waals surface area contributed by atoms with Gasteiger partial charge < -0.3 is 24.4 Å². The van der Waals surface area contributed by atoms with Crippen molar-refractivity contribution in [2.24, 2.45) is 0 Å². The van der Waals surface area contributed by atoms with E-state index in [2.05, 4.69) is 0 Å². The molecule has 0 bridgehead atoms. The minimum absolute atomic E-state index is 0.132. The highest BCUT2D eigenvalue weighted by Gasteiger charge is 2.21. The number of carboxylic acid groups (broad SMARTS) is 1. The second-order valence-corrected chi connectivity index (χ2v) is 7.15. The van der Waals surface area contributed by atoms with Crippen LogP contribution in [0.3, 0.4) is 0 Å². The van der Waals surface area contributed by atoms with Crippen molar-refractivity contribution in [1.29, 1.82) is 0 Å². The molecule has 0 saturated heterocycles. The van der Waals surface area contributed by atoms with Gasteiger partial charge in [0.15, 0.2) is 11.5 Å². The standard InChI is InChI=1S/C24H28N2O6/c1-5-16(27)14-26-20(17-8-7-9-22(30-3)23(17)31-4)13-19(25-26)18-12-15(24(28)29)10-11-21(18)32-6-2/h7-13,16,27H,5-6,14H2,1-4H3,(H,28,29)/t16-/m1/s1. The van der Waals surface area contributed by atoms with Crippen LogP contribution in [-0.2, 0) is 6.54 Å². The Balaban J connectivity index is 2.23. The summed E-state index contributed by atoms with van der Waals surface area (Å²) in [6.07, 6.45) is -0.0439. The lowest BCUT2D eigenvalue weighted by atomic mass is 10.0. The highest BCUT2D eigenvalue weighted by atomic mass is 16.5. The molecule has 0 aliphatic heterocycles. The van der Waals surface area contributed by atoms with Crippen LogP contribution in [0.25, 0.3) is 22.5 Å². The van der Waals surface area contributed by atoms with Gasteiger partial charge in [0, 0.05) is 11.1 Å². The molecule has 2 aromatic carbocycles. The average molecular weight is 440 g/mol. The third-order valence-corrected chi connectivity index (χ3v) is 5.12. The molecule has 0 amide bonds. The first-order valence-corrected chi connectivity index (χ1v) is 10.4. The van der Waals surface area contributed by atoms with E-state index < -0.39 is 12.1 Å². The number of aromatic nitrogens is 2. The van der Waals surface area contributed by atoms with Crippen LogP contribution in [0, 0.1) is 0 Å². The van der Waals surface area contributed by atoms with Crippen LogP contribution in [0.4, 0.5) is 0 Å². The summed E-state index contributed by atoms with van der Waals surface area (Å²) >= 11 is 0. The molecule has 8 heteroatoms. The smallest absolute Gasteiger partial charge is 0.335 e. The minimum atomic E-state index is -1.04. The molecule has 0 aliphatic carbocycles. The number of aromatic carboxylic acids is 1. The molecular formula is C24H28N2O6. The summed E-state index contributed by atoms with van der Waals surface area (Å²) in [6, 6.07) is 12.0. The number of hydrogen-bond acceptors (Lipinski definition) is 6. The topological polar surface area (TPSA) is 103 Å². The number of para-hydroxylation sites is 1. The maximum absolute atomic E-state index is 11.6.